The fraction of sp³-hybridized carbons (Fsp3) is 0.381. The van der Waals surface area contributed by atoms with Crippen LogP contribution in [0.3, 0.4) is 0 Å². The van der Waals surface area contributed by atoms with Gasteiger partial charge in [0.2, 0.25) is 5.91 Å². The molecule has 0 radical (unpaired) electrons. The summed E-state index contributed by atoms with van der Waals surface area (Å²) in [6.07, 6.45) is 2.17. The van der Waals surface area contributed by atoms with Gasteiger partial charge in [-0.05, 0) is 60.2 Å². The summed E-state index contributed by atoms with van der Waals surface area (Å²) >= 11 is 0. The van der Waals surface area contributed by atoms with Gasteiger partial charge in [0.15, 0.2) is 0 Å². The van der Waals surface area contributed by atoms with Crippen molar-refractivity contribution < 1.29 is 13.2 Å². The summed E-state index contributed by atoms with van der Waals surface area (Å²) in [5.74, 6) is 0.443. The van der Waals surface area contributed by atoms with Crippen molar-refractivity contribution in [3.05, 3.63) is 53.6 Å². The molecule has 0 atom stereocenters. The Bertz CT molecular complexity index is 934. The molecule has 5 nitrogen and oxygen atoms in total. The van der Waals surface area contributed by atoms with E-state index in [1.807, 2.05) is 31.2 Å². The number of sulfonamides is 1. The van der Waals surface area contributed by atoms with Gasteiger partial charge in [0.05, 0.1) is 4.90 Å². The zero-order chi connectivity index (χ0) is 19.6. The van der Waals surface area contributed by atoms with Gasteiger partial charge >= 0.3 is 0 Å². The Morgan fingerprint density at radius 1 is 1.15 bits per heavy atom. The Morgan fingerprint density at radius 3 is 2.48 bits per heavy atom. The van der Waals surface area contributed by atoms with Crippen molar-refractivity contribution >= 4 is 27.3 Å². The summed E-state index contributed by atoms with van der Waals surface area (Å²) in [6, 6.07) is 12.4. The van der Waals surface area contributed by atoms with E-state index in [2.05, 4.69) is 18.6 Å². The molecule has 0 fully saturated rings. The van der Waals surface area contributed by atoms with Crippen molar-refractivity contribution in [1.82, 2.24) is 0 Å². The van der Waals surface area contributed by atoms with E-state index >= 15 is 0 Å². The molecule has 0 unspecified atom stereocenters. The molecule has 1 aliphatic rings. The fourth-order valence-electron chi connectivity index (χ4n) is 3.36. The average Bonchev–Trinajstić information content (AvgIpc) is 2.66. The molecule has 0 saturated heterocycles. The molecule has 2 aromatic rings. The monoisotopic (exact) mass is 386 g/mol. The van der Waals surface area contributed by atoms with Gasteiger partial charge in [0.1, 0.15) is 0 Å². The lowest BCUT2D eigenvalue weighted by Crippen LogP contribution is -2.34. The first kappa shape index (κ1) is 19.4. The summed E-state index contributed by atoms with van der Waals surface area (Å²) in [7, 11) is -3.65. The SMILES string of the molecule is CCC(=O)N1CCCc2cc(NS(=O)(=O)c3ccc(C(C)C)cc3)ccc21. The molecule has 1 heterocycles. The van der Waals surface area contributed by atoms with Crippen molar-refractivity contribution in [3.63, 3.8) is 0 Å². The van der Waals surface area contributed by atoms with E-state index in [1.54, 1.807) is 23.1 Å². The summed E-state index contributed by atoms with van der Waals surface area (Å²) in [5, 5.41) is 0. The van der Waals surface area contributed by atoms with Crippen LogP contribution >= 0.6 is 0 Å². The van der Waals surface area contributed by atoms with E-state index in [0.29, 0.717) is 24.6 Å². The number of carbonyl (C=O) groups excluding carboxylic acids is 1. The van der Waals surface area contributed by atoms with Crippen molar-refractivity contribution in [2.75, 3.05) is 16.2 Å². The lowest BCUT2D eigenvalue weighted by Gasteiger charge is -2.29. The molecule has 1 N–H and O–H groups in total. The maximum atomic E-state index is 12.7. The van der Waals surface area contributed by atoms with Gasteiger partial charge in [-0.25, -0.2) is 8.42 Å². The number of carbonyl (C=O) groups is 1. The van der Waals surface area contributed by atoms with E-state index in [-0.39, 0.29) is 10.8 Å². The Kier molecular flexibility index (Phi) is 5.56. The maximum Gasteiger partial charge on any atom is 0.261 e. The second-order valence-corrected chi connectivity index (χ2v) is 8.86. The van der Waals surface area contributed by atoms with E-state index in [9.17, 15) is 13.2 Å². The van der Waals surface area contributed by atoms with Crippen LogP contribution in [0.25, 0.3) is 0 Å². The van der Waals surface area contributed by atoms with Crippen molar-refractivity contribution in [1.29, 1.82) is 0 Å². The number of hydrogen-bond donors (Lipinski definition) is 1. The van der Waals surface area contributed by atoms with Gasteiger partial charge in [0.25, 0.3) is 10.0 Å². The fourth-order valence-corrected chi connectivity index (χ4v) is 4.41. The van der Waals surface area contributed by atoms with Crippen LogP contribution in [0.2, 0.25) is 0 Å². The summed E-state index contributed by atoms with van der Waals surface area (Å²) in [4.78, 5) is 14.2. The van der Waals surface area contributed by atoms with E-state index in [0.717, 1.165) is 29.7 Å². The predicted molar refractivity (Wildman–Crippen MR) is 109 cm³/mol. The molecule has 144 valence electrons. The number of anilines is 2. The van der Waals surface area contributed by atoms with Crippen LogP contribution in [0, 0.1) is 0 Å². The Hall–Kier alpha value is -2.34. The number of rotatable bonds is 5. The third kappa shape index (κ3) is 4.16. The molecule has 0 bridgehead atoms. The van der Waals surface area contributed by atoms with Gasteiger partial charge in [-0.2, -0.15) is 0 Å². The maximum absolute atomic E-state index is 12.7. The van der Waals surface area contributed by atoms with Crippen molar-refractivity contribution in [2.24, 2.45) is 0 Å². The van der Waals surface area contributed by atoms with E-state index in [1.165, 1.54) is 0 Å². The first-order chi connectivity index (χ1) is 12.8. The summed E-state index contributed by atoms with van der Waals surface area (Å²) in [5.41, 5.74) is 3.51. The van der Waals surface area contributed by atoms with Crippen LogP contribution in [0.1, 0.15) is 50.7 Å². The highest BCUT2D eigenvalue weighted by Gasteiger charge is 2.22. The normalized spacial score (nSPS) is 14.1. The van der Waals surface area contributed by atoms with Gasteiger partial charge < -0.3 is 4.90 Å². The van der Waals surface area contributed by atoms with Crippen LogP contribution < -0.4 is 9.62 Å². The predicted octanol–water partition coefficient (Wildman–Crippen LogP) is 4.30. The number of nitrogens with one attached hydrogen (secondary N) is 1. The average molecular weight is 387 g/mol. The lowest BCUT2D eigenvalue weighted by molar-refractivity contribution is -0.118. The van der Waals surface area contributed by atoms with Gasteiger partial charge in [0, 0.05) is 24.3 Å². The Labute approximate surface area is 161 Å². The minimum absolute atomic E-state index is 0.0922. The van der Waals surface area contributed by atoms with E-state index < -0.39 is 10.0 Å². The van der Waals surface area contributed by atoms with Crippen LogP contribution in [0.15, 0.2) is 47.4 Å². The molecule has 0 spiro atoms. The molecule has 1 amide bonds. The zero-order valence-electron chi connectivity index (χ0n) is 16.0. The second kappa shape index (κ2) is 7.72. The quantitative estimate of drug-likeness (QED) is 0.833. The largest absolute Gasteiger partial charge is 0.312 e. The highest BCUT2D eigenvalue weighted by Crippen LogP contribution is 2.31. The molecule has 3 rings (SSSR count). The first-order valence-corrected chi connectivity index (χ1v) is 10.9. The van der Waals surface area contributed by atoms with Crippen molar-refractivity contribution in [3.8, 4) is 0 Å². The lowest BCUT2D eigenvalue weighted by atomic mass is 10.0. The van der Waals surface area contributed by atoms with Crippen LogP contribution in [-0.4, -0.2) is 20.9 Å². The highest BCUT2D eigenvalue weighted by molar-refractivity contribution is 7.92. The minimum atomic E-state index is -3.65. The number of benzene rings is 2. The molecule has 0 aliphatic carbocycles. The smallest absolute Gasteiger partial charge is 0.261 e. The van der Waals surface area contributed by atoms with Crippen LogP contribution in [-0.2, 0) is 21.2 Å². The van der Waals surface area contributed by atoms with Crippen LogP contribution in [0.4, 0.5) is 11.4 Å². The first-order valence-electron chi connectivity index (χ1n) is 9.38. The van der Waals surface area contributed by atoms with Crippen molar-refractivity contribution in [2.45, 2.75) is 50.8 Å². The standard InChI is InChI=1S/C21H26N2O3S/c1-4-21(24)23-13-5-6-17-14-18(9-12-20(17)23)22-27(25,26)19-10-7-16(8-11-19)15(2)3/h7-12,14-15,22H,4-6,13H2,1-3H3. The second-order valence-electron chi connectivity index (χ2n) is 7.18. The molecule has 0 aromatic heterocycles. The number of fused-ring (bicyclic) bond motifs is 1. The molecule has 0 saturated carbocycles. The molecular formula is C21H26N2O3S. The number of amides is 1. The Morgan fingerprint density at radius 2 is 1.85 bits per heavy atom. The van der Waals surface area contributed by atoms with Crippen LogP contribution in [0.5, 0.6) is 0 Å². The third-order valence-corrected chi connectivity index (χ3v) is 6.31. The summed E-state index contributed by atoms with van der Waals surface area (Å²) < 4.78 is 28.0. The van der Waals surface area contributed by atoms with Gasteiger partial charge in [-0.15, -0.1) is 0 Å². The summed E-state index contributed by atoms with van der Waals surface area (Å²) in [6.45, 7) is 6.71. The van der Waals surface area contributed by atoms with E-state index in [4.69, 9.17) is 0 Å². The molecule has 1 aliphatic heterocycles. The molecular weight excluding hydrogens is 360 g/mol. The molecule has 27 heavy (non-hydrogen) atoms. The van der Waals surface area contributed by atoms with Gasteiger partial charge in [-0.1, -0.05) is 32.9 Å². The molecule has 2 aromatic carbocycles. The minimum Gasteiger partial charge on any atom is -0.312 e. The Balaban J connectivity index is 1.84. The number of hydrogen-bond acceptors (Lipinski definition) is 3. The number of nitrogens with zero attached hydrogens (tertiary/aromatic N) is 1. The third-order valence-electron chi connectivity index (χ3n) is 4.91. The highest BCUT2D eigenvalue weighted by atomic mass is 32.2. The molecule has 6 heteroatoms. The topological polar surface area (TPSA) is 66.5 Å². The zero-order valence-corrected chi connectivity index (χ0v) is 16.8. The van der Waals surface area contributed by atoms with Gasteiger partial charge in [-0.3, -0.25) is 9.52 Å². The number of aryl methyl sites for hydroxylation is 1.